The first-order chi connectivity index (χ1) is 12.0. The van der Waals surface area contributed by atoms with Crippen molar-refractivity contribution in [3.05, 3.63) is 70.3 Å². The normalized spacial score (nSPS) is 10.9. The molecule has 130 valence electrons. The van der Waals surface area contributed by atoms with Gasteiger partial charge in [0.15, 0.2) is 0 Å². The third-order valence-corrected chi connectivity index (χ3v) is 3.79. The fourth-order valence-corrected chi connectivity index (χ4v) is 2.45. The molecule has 0 aliphatic rings. The van der Waals surface area contributed by atoms with Gasteiger partial charge in [0.2, 0.25) is 5.78 Å². The molecule has 25 heavy (non-hydrogen) atoms. The van der Waals surface area contributed by atoms with Gasteiger partial charge in [-0.3, -0.25) is 4.79 Å². The van der Waals surface area contributed by atoms with Gasteiger partial charge < -0.3 is 14.8 Å². The fourth-order valence-electron chi connectivity index (χ4n) is 2.05. The van der Waals surface area contributed by atoms with Crippen LogP contribution in [-0.4, -0.2) is 25.5 Å². The van der Waals surface area contributed by atoms with Gasteiger partial charge in [0.25, 0.3) is 0 Å². The molecule has 0 amide bonds. The van der Waals surface area contributed by atoms with Crippen LogP contribution >= 0.6 is 15.9 Å². The van der Waals surface area contributed by atoms with Gasteiger partial charge in [-0.05, 0) is 43.3 Å². The lowest BCUT2D eigenvalue weighted by atomic mass is 10.0. The summed E-state index contributed by atoms with van der Waals surface area (Å²) in [7, 11) is 1.58. The number of hydrogen-bond acceptors (Lipinski definition) is 5. The Balaban J connectivity index is 2.27. The largest absolute Gasteiger partial charge is 0.497 e. The van der Waals surface area contributed by atoms with E-state index in [0.717, 1.165) is 4.47 Å². The van der Waals surface area contributed by atoms with E-state index in [0.29, 0.717) is 17.0 Å². The van der Waals surface area contributed by atoms with Gasteiger partial charge in [-0.15, -0.1) is 0 Å². The van der Waals surface area contributed by atoms with E-state index in [1.165, 1.54) is 6.20 Å². The number of esters is 1. The maximum absolute atomic E-state index is 12.7. The Kier molecular flexibility index (Phi) is 6.77. The van der Waals surface area contributed by atoms with Gasteiger partial charge in [-0.2, -0.15) is 0 Å². The summed E-state index contributed by atoms with van der Waals surface area (Å²) in [5.74, 6) is -0.375. The zero-order chi connectivity index (χ0) is 18.2. The number of carbonyl (C=O) groups excluding carboxylic acids is 2. The summed E-state index contributed by atoms with van der Waals surface area (Å²) in [6, 6.07) is 13.9. The second-order valence-electron chi connectivity index (χ2n) is 4.99. The summed E-state index contributed by atoms with van der Waals surface area (Å²) in [4.78, 5) is 24.9. The average molecular weight is 404 g/mol. The minimum absolute atomic E-state index is 0.0734. The molecule has 0 saturated heterocycles. The third kappa shape index (κ3) is 5.19. The molecule has 1 N–H and O–H groups in total. The van der Waals surface area contributed by atoms with E-state index in [9.17, 15) is 9.59 Å². The molecule has 6 heteroatoms. The number of ketones is 1. The van der Waals surface area contributed by atoms with Gasteiger partial charge in [0, 0.05) is 21.9 Å². The molecule has 0 radical (unpaired) electrons. The third-order valence-electron chi connectivity index (χ3n) is 3.30. The molecule has 0 unspecified atom stereocenters. The minimum Gasteiger partial charge on any atom is -0.497 e. The van der Waals surface area contributed by atoms with Crippen molar-refractivity contribution in [2.24, 2.45) is 0 Å². The van der Waals surface area contributed by atoms with Crippen LogP contribution in [0.15, 0.2) is 64.8 Å². The molecular formula is C19H18BrNO4. The van der Waals surface area contributed by atoms with E-state index < -0.39 is 11.8 Å². The van der Waals surface area contributed by atoms with Crippen molar-refractivity contribution < 1.29 is 19.1 Å². The Morgan fingerprint density at radius 1 is 1.16 bits per heavy atom. The van der Waals surface area contributed by atoms with E-state index in [1.54, 1.807) is 62.6 Å². The number of Topliss-reactive ketones (excluding diaryl/α,β-unsaturated/α-hetero) is 1. The van der Waals surface area contributed by atoms with Crippen LogP contribution in [0.2, 0.25) is 0 Å². The molecular weight excluding hydrogens is 386 g/mol. The van der Waals surface area contributed by atoms with Crippen LogP contribution in [0.5, 0.6) is 5.75 Å². The molecule has 0 atom stereocenters. The number of hydrogen-bond donors (Lipinski definition) is 1. The number of methoxy groups -OCH3 is 1. The van der Waals surface area contributed by atoms with Crippen molar-refractivity contribution in [3.8, 4) is 5.75 Å². The van der Waals surface area contributed by atoms with Gasteiger partial charge in [-0.1, -0.05) is 28.1 Å². The number of nitrogens with one attached hydrogen (secondary N) is 1. The smallest absolute Gasteiger partial charge is 0.343 e. The van der Waals surface area contributed by atoms with Crippen molar-refractivity contribution in [1.82, 2.24) is 0 Å². The number of halogens is 1. The lowest BCUT2D eigenvalue weighted by Gasteiger charge is -2.08. The Hall–Kier alpha value is -2.60. The standard InChI is InChI=1S/C19H18BrNO4/c1-3-25-19(23)17(18(22)13-5-4-6-14(20)11-13)12-21-15-7-9-16(24-2)10-8-15/h4-12,21H,3H2,1-2H3. The zero-order valence-electron chi connectivity index (χ0n) is 13.9. The quantitative estimate of drug-likeness (QED) is 0.246. The van der Waals surface area contributed by atoms with Gasteiger partial charge in [0.05, 0.1) is 13.7 Å². The van der Waals surface area contributed by atoms with E-state index in [-0.39, 0.29) is 12.2 Å². The van der Waals surface area contributed by atoms with Crippen LogP contribution < -0.4 is 10.1 Å². The molecule has 5 nitrogen and oxygen atoms in total. The maximum atomic E-state index is 12.7. The minimum atomic E-state index is -0.673. The SMILES string of the molecule is CCOC(=O)C(=CNc1ccc(OC)cc1)C(=O)c1cccc(Br)c1. The number of benzene rings is 2. The van der Waals surface area contributed by atoms with Gasteiger partial charge in [0.1, 0.15) is 11.3 Å². The Morgan fingerprint density at radius 2 is 1.88 bits per heavy atom. The Morgan fingerprint density at radius 3 is 2.48 bits per heavy atom. The highest BCUT2D eigenvalue weighted by atomic mass is 79.9. The van der Waals surface area contributed by atoms with Crippen molar-refractivity contribution in [3.63, 3.8) is 0 Å². The molecule has 0 spiro atoms. The molecule has 0 bridgehead atoms. The molecule has 2 aromatic carbocycles. The number of ether oxygens (including phenoxy) is 2. The summed E-state index contributed by atoms with van der Waals surface area (Å²) < 4.78 is 10.9. The highest BCUT2D eigenvalue weighted by Gasteiger charge is 2.21. The van der Waals surface area contributed by atoms with E-state index in [2.05, 4.69) is 21.2 Å². The second kappa shape index (κ2) is 9.03. The topological polar surface area (TPSA) is 64.6 Å². The Bertz CT molecular complexity index is 784. The maximum Gasteiger partial charge on any atom is 0.343 e. The molecule has 0 heterocycles. The van der Waals surface area contributed by atoms with E-state index in [1.807, 2.05) is 0 Å². The molecule has 0 fully saturated rings. The predicted octanol–water partition coefficient (Wildman–Crippen LogP) is 4.20. The van der Waals surface area contributed by atoms with Crippen molar-refractivity contribution >= 4 is 33.4 Å². The zero-order valence-corrected chi connectivity index (χ0v) is 15.5. The average Bonchev–Trinajstić information content (AvgIpc) is 2.62. The first-order valence-electron chi connectivity index (χ1n) is 7.63. The van der Waals surface area contributed by atoms with Crippen molar-refractivity contribution in [2.45, 2.75) is 6.92 Å². The van der Waals surface area contributed by atoms with Crippen LogP contribution in [0.3, 0.4) is 0 Å². The number of rotatable bonds is 7. The monoisotopic (exact) mass is 403 g/mol. The number of anilines is 1. The summed E-state index contributed by atoms with van der Waals surface area (Å²) in [5, 5.41) is 2.95. The summed E-state index contributed by atoms with van der Waals surface area (Å²) >= 11 is 3.32. The lowest BCUT2D eigenvalue weighted by Crippen LogP contribution is -2.17. The van der Waals surface area contributed by atoms with Crippen LogP contribution in [-0.2, 0) is 9.53 Å². The Labute approximate surface area is 154 Å². The van der Waals surface area contributed by atoms with Crippen LogP contribution in [0.1, 0.15) is 17.3 Å². The highest BCUT2D eigenvalue weighted by molar-refractivity contribution is 9.10. The molecule has 0 aliphatic heterocycles. The highest BCUT2D eigenvalue weighted by Crippen LogP contribution is 2.18. The lowest BCUT2D eigenvalue weighted by molar-refractivity contribution is -0.138. The predicted molar refractivity (Wildman–Crippen MR) is 99.8 cm³/mol. The first-order valence-corrected chi connectivity index (χ1v) is 8.42. The molecule has 0 saturated carbocycles. The summed E-state index contributed by atoms with van der Waals surface area (Å²) in [5.41, 5.74) is 1.03. The summed E-state index contributed by atoms with van der Waals surface area (Å²) in [6.45, 7) is 1.88. The van der Waals surface area contributed by atoms with Crippen LogP contribution in [0, 0.1) is 0 Å². The van der Waals surface area contributed by atoms with Crippen molar-refractivity contribution in [2.75, 3.05) is 19.0 Å². The molecule has 0 aromatic heterocycles. The number of carbonyl (C=O) groups is 2. The second-order valence-corrected chi connectivity index (χ2v) is 5.91. The van der Waals surface area contributed by atoms with Crippen LogP contribution in [0.4, 0.5) is 5.69 Å². The summed E-state index contributed by atoms with van der Waals surface area (Å²) in [6.07, 6.45) is 1.36. The van der Waals surface area contributed by atoms with Crippen LogP contribution in [0.25, 0.3) is 0 Å². The van der Waals surface area contributed by atoms with Crippen molar-refractivity contribution in [1.29, 1.82) is 0 Å². The van der Waals surface area contributed by atoms with E-state index in [4.69, 9.17) is 9.47 Å². The molecule has 2 aromatic rings. The first kappa shape index (κ1) is 18.7. The molecule has 0 aliphatic carbocycles. The van der Waals surface area contributed by atoms with Gasteiger partial charge in [-0.25, -0.2) is 4.79 Å². The molecule has 2 rings (SSSR count). The van der Waals surface area contributed by atoms with Gasteiger partial charge >= 0.3 is 5.97 Å². The fraction of sp³-hybridized carbons (Fsp3) is 0.158. The van der Waals surface area contributed by atoms with E-state index >= 15 is 0 Å².